The van der Waals surface area contributed by atoms with Gasteiger partial charge in [0.2, 0.25) is 0 Å². The third-order valence-corrected chi connectivity index (χ3v) is 5.56. The summed E-state index contributed by atoms with van der Waals surface area (Å²) in [6.45, 7) is 3.07. The van der Waals surface area contributed by atoms with Crippen LogP contribution in [0.4, 0.5) is 0 Å². The van der Waals surface area contributed by atoms with Gasteiger partial charge in [0.1, 0.15) is 5.56 Å². The Balaban J connectivity index is 1.79. The highest BCUT2D eigenvalue weighted by atomic mass is 16.4. The molecule has 0 aliphatic carbocycles. The van der Waals surface area contributed by atoms with E-state index in [0.29, 0.717) is 0 Å². The molecule has 0 bridgehead atoms. The largest absolute Gasteiger partial charge is 0.481 e. The molecule has 0 fully saturated rings. The van der Waals surface area contributed by atoms with Crippen molar-refractivity contribution >= 4 is 17.7 Å². The second-order valence-corrected chi connectivity index (χ2v) is 8.46. The third kappa shape index (κ3) is 5.83. The fourth-order valence-electron chi connectivity index (χ4n) is 3.34. The number of amides is 1. The summed E-state index contributed by atoms with van der Waals surface area (Å²) in [4.78, 5) is 52.0. The van der Waals surface area contributed by atoms with Crippen LogP contribution in [-0.2, 0) is 4.79 Å². The van der Waals surface area contributed by atoms with E-state index >= 15 is 0 Å². The Bertz CT molecular complexity index is 1160. The predicted molar refractivity (Wildman–Crippen MR) is 124 cm³/mol. The normalized spacial score (nSPS) is 11.2. The summed E-state index contributed by atoms with van der Waals surface area (Å²) in [6.07, 6.45) is 1.31. The zero-order chi connectivity index (χ0) is 24.0. The van der Waals surface area contributed by atoms with Gasteiger partial charge in [-0.2, -0.15) is 0 Å². The van der Waals surface area contributed by atoms with Gasteiger partial charge < -0.3 is 15.4 Å². The van der Waals surface area contributed by atoms with Crippen LogP contribution in [0.3, 0.4) is 0 Å². The molecule has 0 saturated heterocycles. The minimum Gasteiger partial charge on any atom is -0.481 e. The van der Waals surface area contributed by atoms with Crippen LogP contribution in [0.5, 0.6) is 0 Å². The Morgan fingerprint density at radius 3 is 2.00 bits per heavy atom. The van der Waals surface area contributed by atoms with Crippen molar-refractivity contribution in [1.82, 2.24) is 10.3 Å². The van der Waals surface area contributed by atoms with E-state index < -0.39 is 28.8 Å². The maximum Gasteiger partial charge on any atom is 0.309 e. The molecule has 0 radical (unpaired) electrons. The van der Waals surface area contributed by atoms with E-state index in [2.05, 4.69) is 10.3 Å². The average molecular weight is 447 g/mol. The molecule has 0 spiro atoms. The number of aliphatic carboxylic acids is 1. The molecule has 7 nitrogen and oxygen atoms in total. The first-order valence-corrected chi connectivity index (χ1v) is 10.6. The lowest BCUT2D eigenvalue weighted by Gasteiger charge is -2.20. The Morgan fingerprint density at radius 2 is 1.52 bits per heavy atom. The van der Waals surface area contributed by atoms with E-state index in [1.165, 1.54) is 20.0 Å². The fourth-order valence-corrected chi connectivity index (χ4v) is 3.34. The van der Waals surface area contributed by atoms with Gasteiger partial charge in [0.25, 0.3) is 5.91 Å². The summed E-state index contributed by atoms with van der Waals surface area (Å²) in [5.74, 6) is -1.96. The second kappa shape index (κ2) is 10.1. The molecule has 0 aliphatic heterocycles. The molecule has 33 heavy (non-hydrogen) atoms. The Labute approximate surface area is 191 Å². The van der Waals surface area contributed by atoms with Crippen LogP contribution in [0.1, 0.15) is 64.7 Å². The molecule has 3 N–H and O–H groups in total. The maximum absolute atomic E-state index is 13.0. The van der Waals surface area contributed by atoms with E-state index in [0.717, 1.165) is 17.2 Å². The molecule has 1 amide bonds. The van der Waals surface area contributed by atoms with Crippen molar-refractivity contribution < 1.29 is 19.5 Å². The van der Waals surface area contributed by atoms with Gasteiger partial charge in [-0.3, -0.25) is 19.2 Å². The lowest BCUT2D eigenvalue weighted by molar-refractivity contribution is -0.147. The van der Waals surface area contributed by atoms with Crippen molar-refractivity contribution in [2.45, 2.75) is 32.7 Å². The monoisotopic (exact) mass is 446 g/mol. The number of H-pyrrole nitrogens is 1. The standard InChI is InChI=1S/C26H26N2O5/c1-26(2,25(32)33)14-13-21(29)20-15-22(30)19(16-27-20)24(31)28-23(17-9-5-3-6-10-17)18-11-7-4-8-12-18/h3-12,15-16,23H,13-14H2,1-2H3,(H,27,30)(H,28,31)(H,32,33). The lowest BCUT2D eigenvalue weighted by atomic mass is 9.87. The number of Topliss-reactive ketones (excluding diaryl/α,β-unsaturated/α-hetero) is 1. The van der Waals surface area contributed by atoms with Crippen LogP contribution in [0, 0.1) is 5.41 Å². The van der Waals surface area contributed by atoms with E-state index in [4.69, 9.17) is 0 Å². The van der Waals surface area contributed by atoms with Gasteiger partial charge in [-0.05, 0) is 31.4 Å². The van der Waals surface area contributed by atoms with Gasteiger partial charge in [-0.25, -0.2) is 0 Å². The fraction of sp³-hybridized carbons (Fsp3) is 0.231. The van der Waals surface area contributed by atoms with Crippen LogP contribution in [0.25, 0.3) is 0 Å². The van der Waals surface area contributed by atoms with Gasteiger partial charge >= 0.3 is 5.97 Å². The Kier molecular flexibility index (Phi) is 7.23. The molecular weight excluding hydrogens is 420 g/mol. The number of rotatable bonds is 9. The van der Waals surface area contributed by atoms with Gasteiger partial charge in [0, 0.05) is 18.7 Å². The zero-order valence-electron chi connectivity index (χ0n) is 18.5. The summed E-state index contributed by atoms with van der Waals surface area (Å²) in [6, 6.07) is 19.4. The van der Waals surface area contributed by atoms with Crippen molar-refractivity contribution in [3.8, 4) is 0 Å². The van der Waals surface area contributed by atoms with E-state index in [1.807, 2.05) is 60.7 Å². The summed E-state index contributed by atoms with van der Waals surface area (Å²) >= 11 is 0. The van der Waals surface area contributed by atoms with Crippen LogP contribution in [0.2, 0.25) is 0 Å². The lowest BCUT2D eigenvalue weighted by Crippen LogP contribution is -2.33. The van der Waals surface area contributed by atoms with Crippen molar-refractivity contribution in [3.05, 3.63) is 106 Å². The number of carbonyl (C=O) groups excluding carboxylic acids is 2. The Hall–Kier alpha value is -4.00. The molecule has 2 aromatic carbocycles. The molecule has 170 valence electrons. The summed E-state index contributed by atoms with van der Waals surface area (Å²) in [7, 11) is 0. The quantitative estimate of drug-likeness (QED) is 0.430. The smallest absolute Gasteiger partial charge is 0.309 e. The van der Waals surface area contributed by atoms with Gasteiger partial charge in [-0.15, -0.1) is 0 Å². The number of hydrogen-bond acceptors (Lipinski definition) is 4. The Morgan fingerprint density at radius 1 is 0.970 bits per heavy atom. The van der Waals surface area contributed by atoms with Crippen molar-refractivity contribution in [1.29, 1.82) is 0 Å². The summed E-state index contributed by atoms with van der Waals surface area (Å²) in [5, 5.41) is 12.1. The molecular formula is C26H26N2O5. The van der Waals surface area contributed by atoms with Crippen molar-refractivity contribution in [2.75, 3.05) is 0 Å². The first-order valence-electron chi connectivity index (χ1n) is 10.6. The number of benzene rings is 2. The van der Waals surface area contributed by atoms with Crippen LogP contribution in [0.15, 0.2) is 77.7 Å². The second-order valence-electron chi connectivity index (χ2n) is 8.46. The number of nitrogens with one attached hydrogen (secondary N) is 2. The van der Waals surface area contributed by atoms with Crippen LogP contribution < -0.4 is 10.7 Å². The topological polar surface area (TPSA) is 116 Å². The van der Waals surface area contributed by atoms with Crippen molar-refractivity contribution in [2.24, 2.45) is 5.41 Å². The number of ketones is 1. The SMILES string of the molecule is CC(C)(CCC(=O)c1cc(=O)c(C(=O)NC(c2ccccc2)c2ccccc2)c[nH]1)C(=O)O. The summed E-state index contributed by atoms with van der Waals surface area (Å²) in [5.41, 5.74) is 0.00365. The predicted octanol–water partition coefficient (Wildman–Crippen LogP) is 3.97. The van der Waals surface area contributed by atoms with Crippen LogP contribution in [-0.4, -0.2) is 27.8 Å². The highest BCUT2D eigenvalue weighted by Gasteiger charge is 2.28. The number of hydrogen-bond donors (Lipinski definition) is 3. The number of carboxylic acids is 1. The molecule has 3 aromatic rings. The highest BCUT2D eigenvalue weighted by molar-refractivity contribution is 5.97. The third-order valence-electron chi connectivity index (χ3n) is 5.56. The van der Waals surface area contributed by atoms with E-state index in [1.54, 1.807) is 0 Å². The molecule has 7 heteroatoms. The average Bonchev–Trinajstić information content (AvgIpc) is 2.81. The zero-order valence-corrected chi connectivity index (χ0v) is 18.5. The molecule has 0 atom stereocenters. The number of carboxylic acid groups (broad SMARTS) is 1. The number of aromatic amines is 1. The minimum atomic E-state index is -1.06. The minimum absolute atomic E-state index is 0.0368. The molecule has 0 unspecified atom stereocenters. The van der Waals surface area contributed by atoms with Crippen LogP contribution >= 0.6 is 0 Å². The highest BCUT2D eigenvalue weighted by Crippen LogP contribution is 2.24. The molecule has 1 aromatic heterocycles. The first kappa shape index (κ1) is 23.7. The number of aromatic nitrogens is 1. The molecule has 0 saturated carbocycles. The number of pyridine rings is 1. The molecule has 0 aliphatic rings. The number of carbonyl (C=O) groups is 3. The summed E-state index contributed by atoms with van der Waals surface area (Å²) < 4.78 is 0. The molecule has 3 rings (SSSR count). The van der Waals surface area contributed by atoms with Gasteiger partial charge in [-0.1, -0.05) is 60.7 Å². The maximum atomic E-state index is 13.0. The van der Waals surface area contributed by atoms with E-state index in [9.17, 15) is 24.3 Å². The van der Waals surface area contributed by atoms with E-state index in [-0.39, 0.29) is 29.9 Å². The van der Waals surface area contributed by atoms with Gasteiger partial charge in [0.05, 0.1) is 17.2 Å². The van der Waals surface area contributed by atoms with Crippen molar-refractivity contribution in [3.63, 3.8) is 0 Å². The van der Waals surface area contributed by atoms with Gasteiger partial charge in [0.15, 0.2) is 11.2 Å². The first-order chi connectivity index (χ1) is 15.7. The molecule has 1 heterocycles.